The molecule has 0 radical (unpaired) electrons. The second-order valence-electron chi connectivity index (χ2n) is 4.98. The molecule has 4 heteroatoms. The Morgan fingerprint density at radius 3 is 2.80 bits per heavy atom. The van der Waals surface area contributed by atoms with Gasteiger partial charge in [-0.3, -0.25) is 0 Å². The van der Waals surface area contributed by atoms with Crippen molar-refractivity contribution in [1.82, 2.24) is 9.97 Å². The molecule has 1 aromatic heterocycles. The quantitative estimate of drug-likeness (QED) is 0.709. The maximum absolute atomic E-state index is 11.7. The molecule has 0 saturated heterocycles. The summed E-state index contributed by atoms with van der Waals surface area (Å²) in [6, 6.07) is 14.5. The maximum Gasteiger partial charge on any atom is 0.347 e. The van der Waals surface area contributed by atoms with Crippen LogP contribution < -0.4 is 11.0 Å². The second-order valence-corrected chi connectivity index (χ2v) is 4.98. The minimum atomic E-state index is -0.304. The number of benzene rings is 2. The molecule has 4 nitrogen and oxygen atoms in total. The van der Waals surface area contributed by atoms with E-state index in [0.29, 0.717) is 0 Å². The molecule has 0 saturated carbocycles. The van der Waals surface area contributed by atoms with Gasteiger partial charge in [0.1, 0.15) is 5.82 Å². The minimum absolute atomic E-state index is 0.304. The number of aromatic nitrogens is 2. The highest BCUT2D eigenvalue weighted by molar-refractivity contribution is 5.87. The highest BCUT2D eigenvalue weighted by Gasteiger charge is 2.18. The van der Waals surface area contributed by atoms with Crippen molar-refractivity contribution in [3.05, 3.63) is 58.5 Å². The number of hydrogen-bond acceptors (Lipinski definition) is 3. The molecular formula is C16H13N3O. The average Bonchev–Trinajstić information content (AvgIpc) is 2.94. The number of rotatable bonds is 1. The van der Waals surface area contributed by atoms with E-state index in [0.717, 1.165) is 35.6 Å². The lowest BCUT2D eigenvalue weighted by Crippen LogP contribution is -2.13. The summed E-state index contributed by atoms with van der Waals surface area (Å²) < 4.78 is 0. The van der Waals surface area contributed by atoms with E-state index in [1.54, 1.807) is 0 Å². The van der Waals surface area contributed by atoms with Crippen molar-refractivity contribution >= 4 is 16.6 Å². The van der Waals surface area contributed by atoms with Gasteiger partial charge in [-0.1, -0.05) is 36.4 Å². The Kier molecular flexibility index (Phi) is 2.36. The minimum Gasteiger partial charge on any atom is -0.369 e. The number of H-pyrrole nitrogens is 1. The molecule has 1 aliphatic rings. The van der Waals surface area contributed by atoms with Crippen molar-refractivity contribution in [2.45, 2.75) is 6.42 Å². The molecule has 98 valence electrons. The number of nitrogens with one attached hydrogen (secondary N) is 2. The molecule has 3 aromatic rings. The largest absolute Gasteiger partial charge is 0.369 e. The summed E-state index contributed by atoms with van der Waals surface area (Å²) in [4.78, 5) is 18.5. The zero-order valence-corrected chi connectivity index (χ0v) is 10.8. The van der Waals surface area contributed by atoms with Gasteiger partial charge in [0.15, 0.2) is 0 Å². The highest BCUT2D eigenvalue weighted by atomic mass is 16.1. The van der Waals surface area contributed by atoms with Crippen LogP contribution in [0, 0.1) is 0 Å². The van der Waals surface area contributed by atoms with Gasteiger partial charge in [-0.15, -0.1) is 0 Å². The third-order valence-electron chi connectivity index (χ3n) is 3.74. The van der Waals surface area contributed by atoms with Crippen LogP contribution in [-0.2, 0) is 6.42 Å². The average molecular weight is 263 g/mol. The SMILES string of the molecule is O=c1nc2c(c(-c3ccc4ccccc4c3)[nH]1)CCN2. The molecule has 2 aromatic carbocycles. The fourth-order valence-corrected chi connectivity index (χ4v) is 2.78. The van der Waals surface area contributed by atoms with Crippen LogP contribution in [0.1, 0.15) is 5.56 Å². The van der Waals surface area contributed by atoms with Crippen molar-refractivity contribution in [2.24, 2.45) is 0 Å². The third-order valence-corrected chi connectivity index (χ3v) is 3.74. The van der Waals surface area contributed by atoms with E-state index in [-0.39, 0.29) is 5.69 Å². The van der Waals surface area contributed by atoms with Crippen LogP contribution in [0.25, 0.3) is 22.0 Å². The van der Waals surface area contributed by atoms with Crippen molar-refractivity contribution in [2.75, 3.05) is 11.9 Å². The zero-order valence-electron chi connectivity index (χ0n) is 10.8. The normalized spacial score (nSPS) is 13.2. The summed E-state index contributed by atoms with van der Waals surface area (Å²) in [6.07, 6.45) is 0.890. The molecule has 2 heterocycles. The summed E-state index contributed by atoms with van der Waals surface area (Å²) >= 11 is 0. The van der Waals surface area contributed by atoms with Crippen LogP contribution in [0.5, 0.6) is 0 Å². The lowest BCUT2D eigenvalue weighted by Gasteiger charge is -2.08. The number of nitrogens with zero attached hydrogens (tertiary/aromatic N) is 1. The summed E-state index contributed by atoms with van der Waals surface area (Å²) in [5, 5.41) is 5.52. The first-order valence-electron chi connectivity index (χ1n) is 6.67. The molecule has 0 atom stereocenters. The first kappa shape index (κ1) is 11.2. The van der Waals surface area contributed by atoms with Crippen LogP contribution >= 0.6 is 0 Å². The zero-order chi connectivity index (χ0) is 13.5. The molecule has 4 rings (SSSR count). The molecule has 1 aliphatic heterocycles. The van der Waals surface area contributed by atoms with Gasteiger partial charge in [0.05, 0.1) is 5.69 Å². The van der Waals surface area contributed by atoms with Gasteiger partial charge in [-0.05, 0) is 28.8 Å². The van der Waals surface area contributed by atoms with Gasteiger partial charge >= 0.3 is 5.69 Å². The summed E-state index contributed by atoms with van der Waals surface area (Å²) in [5.74, 6) is 0.719. The van der Waals surface area contributed by atoms with E-state index in [2.05, 4.69) is 39.6 Å². The monoisotopic (exact) mass is 263 g/mol. The Bertz CT molecular complexity index is 867. The second kappa shape index (κ2) is 4.20. The fraction of sp³-hybridized carbons (Fsp3) is 0.125. The number of anilines is 1. The Balaban J connectivity index is 1.97. The standard InChI is InChI=1S/C16H13N3O/c20-16-18-14(13-7-8-17-15(13)19-16)12-6-5-10-3-1-2-4-11(10)9-12/h1-6,9H,7-8H2,(H2,17,18,19,20). The van der Waals surface area contributed by atoms with Crippen molar-refractivity contribution in [3.8, 4) is 11.3 Å². The number of aromatic amines is 1. The lowest BCUT2D eigenvalue weighted by molar-refractivity contribution is 1.06. The van der Waals surface area contributed by atoms with E-state index < -0.39 is 0 Å². The van der Waals surface area contributed by atoms with Crippen LogP contribution in [0.2, 0.25) is 0 Å². The number of fused-ring (bicyclic) bond motifs is 2. The van der Waals surface area contributed by atoms with Gasteiger partial charge < -0.3 is 10.3 Å². The third kappa shape index (κ3) is 1.69. The van der Waals surface area contributed by atoms with Gasteiger partial charge in [-0.2, -0.15) is 4.98 Å². The molecule has 0 bridgehead atoms. The summed E-state index contributed by atoms with van der Waals surface area (Å²) in [7, 11) is 0. The molecule has 0 aliphatic carbocycles. The first-order valence-corrected chi connectivity index (χ1v) is 6.67. The fourth-order valence-electron chi connectivity index (χ4n) is 2.78. The van der Waals surface area contributed by atoms with Crippen LogP contribution in [0.4, 0.5) is 5.82 Å². The predicted octanol–water partition coefficient (Wildman–Crippen LogP) is 2.56. The topological polar surface area (TPSA) is 57.8 Å². The molecule has 20 heavy (non-hydrogen) atoms. The summed E-state index contributed by atoms with van der Waals surface area (Å²) in [5.41, 5.74) is 2.71. The molecule has 0 amide bonds. The Labute approximate surface area is 115 Å². The van der Waals surface area contributed by atoms with Crippen LogP contribution in [0.15, 0.2) is 47.3 Å². The van der Waals surface area contributed by atoms with E-state index >= 15 is 0 Å². The van der Waals surface area contributed by atoms with Gasteiger partial charge in [0.25, 0.3) is 0 Å². The molecular weight excluding hydrogens is 250 g/mol. The van der Waals surface area contributed by atoms with Crippen LogP contribution in [0.3, 0.4) is 0 Å². The van der Waals surface area contributed by atoms with Gasteiger partial charge in [0.2, 0.25) is 0 Å². The van der Waals surface area contributed by atoms with E-state index in [1.807, 2.05) is 18.2 Å². The smallest absolute Gasteiger partial charge is 0.347 e. The van der Waals surface area contributed by atoms with Crippen LogP contribution in [-0.4, -0.2) is 16.5 Å². The molecule has 2 N–H and O–H groups in total. The summed E-state index contributed by atoms with van der Waals surface area (Å²) in [6.45, 7) is 0.834. The molecule has 0 fully saturated rings. The van der Waals surface area contributed by atoms with Crippen molar-refractivity contribution in [3.63, 3.8) is 0 Å². The lowest BCUT2D eigenvalue weighted by atomic mass is 10.0. The number of hydrogen-bond donors (Lipinski definition) is 2. The van der Waals surface area contributed by atoms with Gasteiger partial charge in [0, 0.05) is 12.1 Å². The van der Waals surface area contributed by atoms with Crippen molar-refractivity contribution < 1.29 is 0 Å². The van der Waals surface area contributed by atoms with E-state index in [4.69, 9.17) is 0 Å². The molecule has 0 unspecified atom stereocenters. The van der Waals surface area contributed by atoms with E-state index in [1.165, 1.54) is 10.8 Å². The maximum atomic E-state index is 11.7. The Morgan fingerprint density at radius 2 is 1.90 bits per heavy atom. The van der Waals surface area contributed by atoms with Crippen molar-refractivity contribution in [1.29, 1.82) is 0 Å². The predicted molar refractivity (Wildman–Crippen MR) is 80.0 cm³/mol. The Morgan fingerprint density at radius 1 is 1.05 bits per heavy atom. The Hall–Kier alpha value is -2.62. The van der Waals surface area contributed by atoms with E-state index in [9.17, 15) is 4.79 Å². The highest BCUT2D eigenvalue weighted by Crippen LogP contribution is 2.30. The molecule has 0 spiro atoms. The first-order chi connectivity index (χ1) is 9.81. The van der Waals surface area contributed by atoms with Gasteiger partial charge in [-0.25, -0.2) is 4.79 Å².